The summed E-state index contributed by atoms with van der Waals surface area (Å²) in [6.45, 7) is 4.18. The van der Waals surface area contributed by atoms with E-state index in [1.807, 2.05) is 36.4 Å². The maximum atomic E-state index is 14.1. The minimum atomic E-state index is -0.191. The number of piperazine rings is 1. The Morgan fingerprint density at radius 3 is 2.35 bits per heavy atom. The molecule has 0 radical (unpaired) electrons. The Morgan fingerprint density at radius 1 is 1.00 bits per heavy atom. The van der Waals surface area contributed by atoms with Crippen molar-refractivity contribution in [2.75, 3.05) is 38.0 Å². The second-order valence-corrected chi connectivity index (χ2v) is 8.09. The topological polar surface area (TPSA) is 35.6 Å². The van der Waals surface area contributed by atoms with Gasteiger partial charge in [-0.15, -0.1) is 0 Å². The monoisotopic (exact) mass is 483 g/mol. The molecule has 0 spiro atoms. The lowest BCUT2D eigenvalue weighted by molar-refractivity contribution is -0.117. The molecule has 7 heteroatoms. The Hall–Kier alpha value is -1.28. The second-order valence-electron chi connectivity index (χ2n) is 6.32. The Morgan fingerprint density at radius 2 is 1.65 bits per heavy atom. The van der Waals surface area contributed by atoms with Crippen LogP contribution in [0.5, 0.6) is 0 Å². The first-order valence-electron chi connectivity index (χ1n) is 8.44. The number of hydrogen-bond donors (Lipinski definition) is 1. The van der Waals surface area contributed by atoms with Crippen LogP contribution in [0.25, 0.3) is 0 Å². The summed E-state index contributed by atoms with van der Waals surface area (Å²) in [7, 11) is 0. The van der Waals surface area contributed by atoms with E-state index in [0.717, 1.165) is 36.3 Å². The van der Waals surface area contributed by atoms with Gasteiger partial charge in [-0.2, -0.15) is 0 Å². The summed E-state index contributed by atoms with van der Waals surface area (Å²) in [5, 5.41) is 2.91. The van der Waals surface area contributed by atoms with Crippen molar-refractivity contribution >= 4 is 43.5 Å². The van der Waals surface area contributed by atoms with E-state index in [1.165, 1.54) is 0 Å². The van der Waals surface area contributed by atoms with Crippen LogP contribution in [-0.4, -0.2) is 48.4 Å². The highest BCUT2D eigenvalue weighted by atomic mass is 79.9. The first kappa shape index (κ1) is 19.5. The average Bonchev–Trinajstić information content (AvgIpc) is 2.62. The van der Waals surface area contributed by atoms with Gasteiger partial charge in [-0.25, -0.2) is 4.39 Å². The fourth-order valence-electron chi connectivity index (χ4n) is 2.95. The van der Waals surface area contributed by atoms with E-state index < -0.39 is 0 Å². The zero-order valence-electron chi connectivity index (χ0n) is 14.2. The van der Waals surface area contributed by atoms with Crippen molar-refractivity contribution in [3.63, 3.8) is 0 Å². The standard InChI is InChI=1S/C19H20Br2FN3O/c20-15-4-6-16(7-5-15)23-18(26)13-25-10-8-24(9-11-25)12-14-2-1-3-17(21)19(14)22/h1-7H,8-13H2,(H,23,26). The fraction of sp³-hybridized carbons (Fsp3) is 0.316. The van der Waals surface area contributed by atoms with Gasteiger partial charge >= 0.3 is 0 Å². The Balaban J connectivity index is 1.45. The van der Waals surface area contributed by atoms with Gasteiger partial charge in [-0.05, 0) is 46.3 Å². The lowest BCUT2D eigenvalue weighted by Crippen LogP contribution is -2.48. The summed E-state index contributed by atoms with van der Waals surface area (Å²) in [6.07, 6.45) is 0. The van der Waals surface area contributed by atoms with E-state index in [0.29, 0.717) is 23.1 Å². The van der Waals surface area contributed by atoms with Gasteiger partial charge in [0.15, 0.2) is 0 Å². The molecular formula is C19H20Br2FN3O. The van der Waals surface area contributed by atoms with Gasteiger partial charge in [-0.3, -0.25) is 14.6 Å². The maximum absolute atomic E-state index is 14.1. The molecule has 26 heavy (non-hydrogen) atoms. The number of carbonyl (C=O) groups excluding carboxylic acids is 1. The molecule has 2 aromatic carbocycles. The average molecular weight is 485 g/mol. The first-order chi connectivity index (χ1) is 12.5. The Labute approximate surface area is 169 Å². The van der Waals surface area contributed by atoms with Gasteiger partial charge in [0.25, 0.3) is 0 Å². The van der Waals surface area contributed by atoms with E-state index in [4.69, 9.17) is 0 Å². The second kappa shape index (κ2) is 9.08. The van der Waals surface area contributed by atoms with Crippen LogP contribution in [0.2, 0.25) is 0 Å². The minimum Gasteiger partial charge on any atom is -0.325 e. The molecule has 3 rings (SSSR count). The van der Waals surface area contributed by atoms with Crippen LogP contribution in [0.3, 0.4) is 0 Å². The molecule has 1 fully saturated rings. The number of halogens is 3. The van der Waals surface area contributed by atoms with Gasteiger partial charge in [0.05, 0.1) is 11.0 Å². The molecular weight excluding hydrogens is 465 g/mol. The highest BCUT2D eigenvalue weighted by Crippen LogP contribution is 2.20. The number of anilines is 1. The smallest absolute Gasteiger partial charge is 0.238 e. The summed E-state index contributed by atoms with van der Waals surface area (Å²) < 4.78 is 15.6. The van der Waals surface area contributed by atoms with Crippen molar-refractivity contribution in [3.05, 3.63) is 62.8 Å². The van der Waals surface area contributed by atoms with Crippen LogP contribution in [0.4, 0.5) is 10.1 Å². The molecule has 0 bridgehead atoms. The SMILES string of the molecule is O=C(CN1CCN(Cc2cccc(Br)c2F)CC1)Nc1ccc(Br)cc1. The van der Waals surface area contributed by atoms with Crippen LogP contribution in [0.1, 0.15) is 5.56 Å². The van der Waals surface area contributed by atoms with Gasteiger partial charge < -0.3 is 5.32 Å². The molecule has 1 N–H and O–H groups in total. The molecule has 1 aliphatic heterocycles. The molecule has 138 valence electrons. The minimum absolute atomic E-state index is 0.0150. The highest BCUT2D eigenvalue weighted by Gasteiger charge is 2.20. The number of nitrogens with one attached hydrogen (secondary N) is 1. The lowest BCUT2D eigenvalue weighted by atomic mass is 10.2. The van der Waals surface area contributed by atoms with Crippen LogP contribution in [-0.2, 0) is 11.3 Å². The molecule has 0 unspecified atom stereocenters. The van der Waals surface area contributed by atoms with Crippen LogP contribution in [0, 0.1) is 5.82 Å². The molecule has 0 aromatic heterocycles. The van der Waals surface area contributed by atoms with Crippen LogP contribution in [0.15, 0.2) is 51.4 Å². The first-order valence-corrected chi connectivity index (χ1v) is 10.0. The van der Waals surface area contributed by atoms with E-state index in [2.05, 4.69) is 47.0 Å². The Kier molecular flexibility index (Phi) is 6.80. The third-order valence-electron chi connectivity index (χ3n) is 4.39. The molecule has 0 atom stereocenters. The molecule has 1 aliphatic rings. The molecule has 4 nitrogen and oxygen atoms in total. The molecule has 1 heterocycles. The largest absolute Gasteiger partial charge is 0.325 e. The third-order valence-corrected chi connectivity index (χ3v) is 5.53. The van der Waals surface area contributed by atoms with E-state index in [-0.39, 0.29) is 11.7 Å². The molecule has 2 aromatic rings. The van der Waals surface area contributed by atoms with Crippen molar-refractivity contribution < 1.29 is 9.18 Å². The Bertz CT molecular complexity index is 762. The van der Waals surface area contributed by atoms with Crippen LogP contribution < -0.4 is 5.32 Å². The van der Waals surface area contributed by atoms with E-state index in [1.54, 1.807) is 6.07 Å². The van der Waals surface area contributed by atoms with Crippen molar-refractivity contribution in [2.45, 2.75) is 6.54 Å². The number of amides is 1. The van der Waals surface area contributed by atoms with Crippen molar-refractivity contribution in [1.82, 2.24) is 9.80 Å². The summed E-state index contributed by atoms with van der Waals surface area (Å²) in [4.78, 5) is 16.5. The van der Waals surface area contributed by atoms with Gasteiger partial charge in [0.1, 0.15) is 5.82 Å². The normalized spacial score (nSPS) is 15.8. The lowest BCUT2D eigenvalue weighted by Gasteiger charge is -2.34. The van der Waals surface area contributed by atoms with Crippen molar-refractivity contribution in [1.29, 1.82) is 0 Å². The summed E-state index contributed by atoms with van der Waals surface area (Å²) in [5.74, 6) is -0.206. The van der Waals surface area contributed by atoms with E-state index in [9.17, 15) is 9.18 Å². The van der Waals surface area contributed by atoms with Crippen molar-refractivity contribution in [2.24, 2.45) is 0 Å². The van der Waals surface area contributed by atoms with Crippen LogP contribution >= 0.6 is 31.9 Å². The summed E-state index contributed by atoms with van der Waals surface area (Å²) >= 11 is 6.61. The number of hydrogen-bond acceptors (Lipinski definition) is 3. The third kappa shape index (κ3) is 5.36. The predicted molar refractivity (Wildman–Crippen MR) is 109 cm³/mol. The molecule has 1 saturated heterocycles. The fourth-order valence-corrected chi connectivity index (χ4v) is 3.63. The zero-order valence-corrected chi connectivity index (χ0v) is 17.4. The highest BCUT2D eigenvalue weighted by molar-refractivity contribution is 9.10. The number of benzene rings is 2. The van der Waals surface area contributed by atoms with Gasteiger partial charge in [0, 0.05) is 48.4 Å². The predicted octanol–water partition coefficient (Wildman–Crippen LogP) is 4.11. The molecule has 0 aliphatic carbocycles. The summed E-state index contributed by atoms with van der Waals surface area (Å²) in [5.41, 5.74) is 1.49. The van der Waals surface area contributed by atoms with Gasteiger partial charge in [0.2, 0.25) is 5.91 Å². The van der Waals surface area contributed by atoms with E-state index >= 15 is 0 Å². The summed E-state index contributed by atoms with van der Waals surface area (Å²) in [6, 6.07) is 12.9. The maximum Gasteiger partial charge on any atom is 0.238 e. The number of carbonyl (C=O) groups is 1. The molecule has 1 amide bonds. The number of rotatable bonds is 5. The number of nitrogens with zero attached hydrogens (tertiary/aromatic N) is 2. The molecule has 0 saturated carbocycles. The quantitative estimate of drug-likeness (QED) is 0.693. The zero-order chi connectivity index (χ0) is 18.5. The van der Waals surface area contributed by atoms with Gasteiger partial charge in [-0.1, -0.05) is 28.1 Å². The van der Waals surface area contributed by atoms with Crippen molar-refractivity contribution in [3.8, 4) is 0 Å².